The molecule has 5 N–H and O–H groups in total. The second-order valence-corrected chi connectivity index (χ2v) is 6.71. The fourth-order valence-corrected chi connectivity index (χ4v) is 4.06. The second kappa shape index (κ2) is 6.51. The first-order valence-electron chi connectivity index (χ1n) is 5.78. The van der Waals surface area contributed by atoms with Gasteiger partial charge in [0.15, 0.2) is 0 Å². The van der Waals surface area contributed by atoms with Crippen molar-refractivity contribution in [3.63, 3.8) is 0 Å². The predicted octanol–water partition coefficient (Wildman–Crippen LogP) is 3.53. The van der Waals surface area contributed by atoms with Crippen molar-refractivity contribution in [1.82, 2.24) is 0 Å². The molecule has 0 aliphatic rings. The van der Waals surface area contributed by atoms with Gasteiger partial charge in [-0.2, -0.15) is 0 Å². The van der Waals surface area contributed by atoms with Crippen molar-refractivity contribution in [2.75, 3.05) is 17.3 Å². The summed E-state index contributed by atoms with van der Waals surface area (Å²) in [6, 6.07) is 7.97. The van der Waals surface area contributed by atoms with Gasteiger partial charge in [0.25, 0.3) is 5.91 Å². The maximum Gasteiger partial charge on any atom is 0.261 e. The molecule has 7 heteroatoms. The Morgan fingerprint density at radius 1 is 1.45 bits per heavy atom. The summed E-state index contributed by atoms with van der Waals surface area (Å²) in [5.74, 6) is -0.489. The minimum atomic E-state index is -0.489. The van der Waals surface area contributed by atoms with Crippen LogP contribution in [0.3, 0.4) is 0 Å². The van der Waals surface area contributed by atoms with Crippen molar-refractivity contribution in [2.45, 2.75) is 11.4 Å². The Morgan fingerprint density at radius 2 is 2.15 bits per heavy atom. The molecule has 1 aromatic heterocycles. The summed E-state index contributed by atoms with van der Waals surface area (Å²) < 4.78 is 1.04. The summed E-state index contributed by atoms with van der Waals surface area (Å²) in [5.41, 5.74) is 12.9. The smallest absolute Gasteiger partial charge is 0.261 e. The number of carbonyl (C=O) groups is 1. The van der Waals surface area contributed by atoms with Gasteiger partial charge in [0.2, 0.25) is 0 Å². The van der Waals surface area contributed by atoms with Gasteiger partial charge in [0.1, 0.15) is 9.88 Å². The topological polar surface area (TPSA) is 81.1 Å². The van der Waals surface area contributed by atoms with E-state index in [1.807, 2.05) is 30.5 Å². The molecule has 0 fully saturated rings. The lowest BCUT2D eigenvalue weighted by Gasteiger charge is -2.08. The van der Waals surface area contributed by atoms with E-state index in [4.69, 9.17) is 11.5 Å². The van der Waals surface area contributed by atoms with Gasteiger partial charge in [-0.05, 0) is 17.9 Å². The SMILES string of the molecule is CSc1c(NCc2ccccc2Br)sc(C(N)=O)c1N. The van der Waals surface area contributed by atoms with Crippen LogP contribution >= 0.6 is 39.0 Å². The molecule has 0 radical (unpaired) electrons. The molecule has 0 bridgehead atoms. The predicted molar refractivity (Wildman–Crippen MR) is 90.5 cm³/mol. The van der Waals surface area contributed by atoms with E-state index >= 15 is 0 Å². The number of thiophene rings is 1. The van der Waals surface area contributed by atoms with Crippen LogP contribution in [0.2, 0.25) is 0 Å². The average Bonchev–Trinajstić information content (AvgIpc) is 2.74. The zero-order valence-corrected chi connectivity index (χ0v) is 14.0. The monoisotopic (exact) mass is 371 g/mol. The molecule has 4 nitrogen and oxygen atoms in total. The highest BCUT2D eigenvalue weighted by Gasteiger charge is 2.18. The minimum Gasteiger partial charge on any atom is -0.396 e. The molecule has 0 spiro atoms. The first-order valence-corrected chi connectivity index (χ1v) is 8.61. The molecule has 20 heavy (non-hydrogen) atoms. The lowest BCUT2D eigenvalue weighted by Crippen LogP contribution is -2.10. The van der Waals surface area contributed by atoms with Gasteiger partial charge in [-0.3, -0.25) is 4.79 Å². The molecule has 0 unspecified atom stereocenters. The number of halogens is 1. The van der Waals surface area contributed by atoms with Crippen LogP contribution in [0, 0.1) is 0 Å². The third kappa shape index (κ3) is 3.11. The molecule has 0 aliphatic heterocycles. The molecule has 1 aromatic carbocycles. The fraction of sp³-hybridized carbons (Fsp3) is 0.154. The zero-order chi connectivity index (χ0) is 14.7. The van der Waals surface area contributed by atoms with Gasteiger partial charge < -0.3 is 16.8 Å². The summed E-state index contributed by atoms with van der Waals surface area (Å²) in [6.07, 6.45) is 1.92. The number of rotatable bonds is 5. The van der Waals surface area contributed by atoms with E-state index in [0.29, 0.717) is 17.1 Å². The number of hydrogen-bond acceptors (Lipinski definition) is 5. The number of anilines is 2. The van der Waals surface area contributed by atoms with Crippen LogP contribution < -0.4 is 16.8 Å². The first kappa shape index (κ1) is 15.2. The molecular formula is C13H14BrN3OS2. The minimum absolute atomic E-state index is 0.406. The molecule has 0 atom stereocenters. The number of carbonyl (C=O) groups excluding carboxylic acids is 1. The van der Waals surface area contributed by atoms with Crippen LogP contribution in [-0.4, -0.2) is 12.2 Å². The first-order chi connectivity index (χ1) is 9.54. The number of nitrogen functional groups attached to an aromatic ring is 1. The summed E-state index contributed by atoms with van der Waals surface area (Å²) >= 11 is 6.31. The molecule has 0 aliphatic carbocycles. The maximum atomic E-state index is 11.3. The molecule has 2 rings (SSSR count). The highest BCUT2D eigenvalue weighted by Crippen LogP contribution is 2.41. The Kier molecular flexibility index (Phi) is 4.95. The van der Waals surface area contributed by atoms with Crippen molar-refractivity contribution in [1.29, 1.82) is 0 Å². The number of hydrogen-bond donors (Lipinski definition) is 3. The van der Waals surface area contributed by atoms with Crippen LogP contribution in [0.5, 0.6) is 0 Å². The summed E-state index contributed by atoms with van der Waals surface area (Å²) in [4.78, 5) is 12.6. The molecule has 1 heterocycles. The van der Waals surface area contributed by atoms with Crippen molar-refractivity contribution < 1.29 is 4.79 Å². The Balaban J connectivity index is 2.24. The van der Waals surface area contributed by atoms with Crippen LogP contribution in [0.1, 0.15) is 15.2 Å². The number of nitrogens with one attached hydrogen (secondary N) is 1. The highest BCUT2D eigenvalue weighted by atomic mass is 79.9. The van der Waals surface area contributed by atoms with Crippen LogP contribution in [0.4, 0.5) is 10.7 Å². The van der Waals surface area contributed by atoms with E-state index in [1.165, 1.54) is 23.1 Å². The Bertz CT molecular complexity index is 643. The van der Waals surface area contributed by atoms with Crippen LogP contribution in [0.25, 0.3) is 0 Å². The molecule has 0 saturated carbocycles. The standard InChI is InChI=1S/C13H14BrN3OS2/c1-19-11-9(15)10(12(16)18)20-13(11)17-6-7-4-2-3-5-8(7)14/h2-5,17H,6,15H2,1H3,(H2,16,18). The normalized spacial score (nSPS) is 10.5. The lowest BCUT2D eigenvalue weighted by atomic mass is 10.2. The molecule has 106 valence electrons. The highest BCUT2D eigenvalue weighted by molar-refractivity contribution is 9.10. The lowest BCUT2D eigenvalue weighted by molar-refractivity contribution is 0.100. The van der Waals surface area contributed by atoms with E-state index in [9.17, 15) is 4.79 Å². The molecule has 0 saturated heterocycles. The number of benzene rings is 1. The largest absolute Gasteiger partial charge is 0.396 e. The van der Waals surface area contributed by atoms with Gasteiger partial charge in [-0.15, -0.1) is 23.1 Å². The summed E-state index contributed by atoms with van der Waals surface area (Å²) in [7, 11) is 0. The summed E-state index contributed by atoms with van der Waals surface area (Å²) in [5, 5.41) is 4.19. The third-order valence-corrected chi connectivity index (χ3v) is 5.64. The molecule has 2 aromatic rings. The Hall–Kier alpha value is -1.18. The van der Waals surface area contributed by atoms with E-state index < -0.39 is 5.91 Å². The van der Waals surface area contributed by atoms with E-state index in [1.54, 1.807) is 0 Å². The Morgan fingerprint density at radius 3 is 2.75 bits per heavy atom. The van der Waals surface area contributed by atoms with Crippen molar-refractivity contribution >= 4 is 55.6 Å². The van der Waals surface area contributed by atoms with Crippen molar-refractivity contribution in [2.24, 2.45) is 5.73 Å². The molecule has 1 amide bonds. The quantitative estimate of drug-likeness (QED) is 0.702. The van der Waals surface area contributed by atoms with Gasteiger partial charge in [0, 0.05) is 11.0 Å². The number of thioether (sulfide) groups is 1. The Labute approximate surface area is 134 Å². The second-order valence-electron chi connectivity index (χ2n) is 4.02. The van der Waals surface area contributed by atoms with Gasteiger partial charge >= 0.3 is 0 Å². The maximum absolute atomic E-state index is 11.3. The van der Waals surface area contributed by atoms with Gasteiger partial charge in [0.05, 0.1) is 10.6 Å². The zero-order valence-electron chi connectivity index (χ0n) is 10.8. The number of amides is 1. The van der Waals surface area contributed by atoms with E-state index in [2.05, 4.69) is 21.2 Å². The fourth-order valence-electron chi connectivity index (χ4n) is 1.75. The van der Waals surface area contributed by atoms with Gasteiger partial charge in [-0.25, -0.2) is 0 Å². The third-order valence-electron chi connectivity index (χ3n) is 2.72. The van der Waals surface area contributed by atoms with Crippen LogP contribution in [-0.2, 0) is 6.54 Å². The summed E-state index contributed by atoms with van der Waals surface area (Å²) in [6.45, 7) is 0.646. The van der Waals surface area contributed by atoms with Crippen molar-refractivity contribution in [3.05, 3.63) is 39.2 Å². The van der Waals surface area contributed by atoms with Gasteiger partial charge in [-0.1, -0.05) is 34.1 Å². The van der Waals surface area contributed by atoms with Crippen LogP contribution in [0.15, 0.2) is 33.6 Å². The number of primary amides is 1. The van der Waals surface area contributed by atoms with E-state index in [0.717, 1.165) is 19.9 Å². The molecular weight excluding hydrogens is 358 g/mol. The average molecular weight is 372 g/mol. The van der Waals surface area contributed by atoms with Crippen molar-refractivity contribution in [3.8, 4) is 0 Å². The van der Waals surface area contributed by atoms with E-state index in [-0.39, 0.29) is 0 Å². The number of nitrogens with two attached hydrogens (primary N) is 2.